The fourth-order valence-electron chi connectivity index (χ4n) is 0.972. The Labute approximate surface area is 224 Å². The van der Waals surface area contributed by atoms with Crippen LogP contribution in [0.15, 0.2) is 0 Å². The topological polar surface area (TPSA) is 253 Å². The van der Waals surface area contributed by atoms with Gasteiger partial charge < -0.3 is 50.4 Å². The van der Waals surface area contributed by atoms with E-state index in [4.69, 9.17) is 30.6 Å². The van der Waals surface area contributed by atoms with Gasteiger partial charge in [0, 0.05) is 0 Å². The van der Waals surface area contributed by atoms with E-state index in [0.29, 0.717) is 0 Å². The minimum absolute atomic E-state index is 0. The van der Waals surface area contributed by atoms with Crippen LogP contribution in [0.1, 0.15) is 12.8 Å². The number of aliphatic hydroxyl groups is 3. The van der Waals surface area contributed by atoms with Gasteiger partial charge in [0.05, 0.1) is 24.8 Å². The van der Waals surface area contributed by atoms with Crippen molar-refractivity contribution in [1.29, 1.82) is 0 Å². The molecule has 15 heteroatoms. The summed E-state index contributed by atoms with van der Waals surface area (Å²) in [6.45, 7) is 0. The molecule has 13 nitrogen and oxygen atoms in total. The SMILES string of the molecule is O=C(O)CC(O)(CC(=O)O)C(=O)O.O=C([O-])C(O)C(O)C(=O)[O-].[K+].[K+]. The van der Waals surface area contributed by atoms with Crippen LogP contribution in [0, 0.1) is 0 Å². The second-order valence-corrected chi connectivity index (χ2v) is 4.01. The van der Waals surface area contributed by atoms with Crippen molar-refractivity contribution in [1.82, 2.24) is 0 Å². The fraction of sp³-hybridized carbons (Fsp3) is 0.500. The zero-order valence-electron chi connectivity index (χ0n) is 13.1. The van der Waals surface area contributed by atoms with Gasteiger partial charge in [-0.2, -0.15) is 0 Å². The summed E-state index contributed by atoms with van der Waals surface area (Å²) in [5, 5.41) is 69.5. The first-order chi connectivity index (χ1) is 10.2. The van der Waals surface area contributed by atoms with Gasteiger partial charge in [0.25, 0.3) is 0 Å². The Bertz CT molecular complexity index is 457. The predicted octanol–water partition coefficient (Wildman–Crippen LogP) is -12.0. The van der Waals surface area contributed by atoms with Crippen LogP contribution < -0.4 is 113 Å². The average Bonchev–Trinajstić information content (AvgIpc) is 2.35. The molecule has 0 fully saturated rings. The second kappa shape index (κ2) is 15.5. The van der Waals surface area contributed by atoms with Crippen molar-refractivity contribution in [3.8, 4) is 0 Å². The third kappa shape index (κ3) is 15.3. The molecule has 0 heterocycles. The molecule has 6 N–H and O–H groups in total. The third-order valence-electron chi connectivity index (χ3n) is 2.07. The van der Waals surface area contributed by atoms with Gasteiger partial charge in [0.15, 0.2) is 5.60 Å². The Kier molecular flexibility index (Phi) is 20.6. The van der Waals surface area contributed by atoms with Crippen LogP contribution in [0.3, 0.4) is 0 Å². The van der Waals surface area contributed by atoms with Crippen molar-refractivity contribution in [2.45, 2.75) is 30.7 Å². The van der Waals surface area contributed by atoms with Crippen molar-refractivity contribution in [3.05, 3.63) is 0 Å². The molecule has 0 rings (SSSR count). The molecule has 0 aliphatic heterocycles. The molecule has 0 spiro atoms. The number of carboxylic acid groups (broad SMARTS) is 5. The average molecular weight is 418 g/mol. The van der Waals surface area contributed by atoms with Crippen LogP contribution in [0.5, 0.6) is 0 Å². The van der Waals surface area contributed by atoms with E-state index in [-0.39, 0.29) is 103 Å². The normalized spacial score (nSPS) is 12.0. The van der Waals surface area contributed by atoms with E-state index in [0.717, 1.165) is 0 Å². The number of hydrogen-bond donors (Lipinski definition) is 6. The molecule has 132 valence electrons. The first kappa shape index (κ1) is 33.1. The van der Waals surface area contributed by atoms with E-state index in [2.05, 4.69) is 0 Å². The van der Waals surface area contributed by atoms with E-state index in [1.54, 1.807) is 0 Å². The molecule has 2 unspecified atom stereocenters. The molecule has 0 bridgehead atoms. The molecule has 0 saturated carbocycles. The summed E-state index contributed by atoms with van der Waals surface area (Å²) in [6, 6.07) is 0. The van der Waals surface area contributed by atoms with Crippen molar-refractivity contribution < 1.29 is 168 Å². The van der Waals surface area contributed by atoms with Crippen LogP contribution in [-0.4, -0.2) is 78.3 Å². The van der Waals surface area contributed by atoms with Gasteiger partial charge >= 0.3 is 121 Å². The zero-order chi connectivity index (χ0) is 19.0. The largest absolute Gasteiger partial charge is 1.00 e. The number of carbonyl (C=O) groups is 5. The minimum Gasteiger partial charge on any atom is -0.547 e. The van der Waals surface area contributed by atoms with Gasteiger partial charge in [-0.05, 0) is 0 Å². The number of hydrogen-bond acceptors (Lipinski definition) is 10. The summed E-state index contributed by atoms with van der Waals surface area (Å²) in [7, 11) is 0. The van der Waals surface area contributed by atoms with Gasteiger partial charge in [-0.25, -0.2) is 4.79 Å². The fourth-order valence-corrected chi connectivity index (χ4v) is 0.972. The van der Waals surface area contributed by atoms with Gasteiger partial charge in [-0.15, -0.1) is 0 Å². The Morgan fingerprint density at radius 2 is 1.00 bits per heavy atom. The van der Waals surface area contributed by atoms with Crippen LogP contribution in [-0.2, 0) is 24.0 Å². The molecule has 0 amide bonds. The summed E-state index contributed by atoms with van der Waals surface area (Å²) in [5.74, 6) is -9.14. The van der Waals surface area contributed by atoms with E-state index < -0.39 is 60.5 Å². The van der Waals surface area contributed by atoms with Crippen LogP contribution in [0.4, 0.5) is 0 Å². The van der Waals surface area contributed by atoms with Crippen molar-refractivity contribution in [2.75, 3.05) is 0 Å². The van der Waals surface area contributed by atoms with Gasteiger partial charge in [-0.1, -0.05) is 0 Å². The Balaban J connectivity index is -0.000000168. The van der Waals surface area contributed by atoms with Crippen molar-refractivity contribution in [2.24, 2.45) is 0 Å². The number of carbonyl (C=O) groups excluding carboxylic acids is 2. The standard InChI is InChI=1S/C6H8O7.C4H6O6.2K/c7-3(8)1-6(13,5(11)12)2-4(9)10;5-1(3(7)8)2(6)4(9)10;;/h13H,1-2H2,(H,7,8)(H,9,10)(H,11,12);1-2,5-6H,(H,7,8)(H,9,10);;/q;;2*+1/p-2. The zero-order valence-corrected chi connectivity index (χ0v) is 19.4. The van der Waals surface area contributed by atoms with E-state index in [1.165, 1.54) is 0 Å². The van der Waals surface area contributed by atoms with Crippen LogP contribution in [0.2, 0.25) is 0 Å². The monoisotopic (exact) mass is 418 g/mol. The molecule has 0 aromatic rings. The Morgan fingerprint density at radius 3 is 1.12 bits per heavy atom. The van der Waals surface area contributed by atoms with E-state index in [9.17, 15) is 34.2 Å². The Hall–Kier alpha value is 0.503. The number of aliphatic hydroxyl groups excluding tert-OH is 2. The number of aliphatic carboxylic acids is 5. The van der Waals surface area contributed by atoms with Crippen molar-refractivity contribution in [3.63, 3.8) is 0 Å². The molecule has 0 radical (unpaired) electrons. The minimum atomic E-state index is -2.74. The van der Waals surface area contributed by atoms with Gasteiger partial charge in [0.1, 0.15) is 12.2 Å². The molecule has 0 aliphatic rings. The van der Waals surface area contributed by atoms with Crippen LogP contribution >= 0.6 is 0 Å². The molecule has 25 heavy (non-hydrogen) atoms. The summed E-state index contributed by atoms with van der Waals surface area (Å²) in [4.78, 5) is 49.8. The number of carboxylic acids is 5. The first-order valence-electron chi connectivity index (χ1n) is 5.41. The molecule has 0 aromatic heterocycles. The molecule has 0 aliphatic carbocycles. The Morgan fingerprint density at radius 1 is 0.760 bits per heavy atom. The molecular weight excluding hydrogens is 406 g/mol. The summed E-state index contributed by atoms with van der Waals surface area (Å²) >= 11 is 0. The van der Waals surface area contributed by atoms with Crippen LogP contribution in [0.25, 0.3) is 0 Å². The van der Waals surface area contributed by atoms with Crippen molar-refractivity contribution >= 4 is 29.8 Å². The second-order valence-electron chi connectivity index (χ2n) is 4.01. The summed E-state index contributed by atoms with van der Waals surface area (Å²) < 4.78 is 0. The molecule has 0 saturated heterocycles. The quantitative estimate of drug-likeness (QED) is 0.200. The first-order valence-corrected chi connectivity index (χ1v) is 5.41. The van der Waals surface area contributed by atoms with Gasteiger partial charge in [-0.3, -0.25) is 9.59 Å². The molecule has 2 atom stereocenters. The molecular formula is C10H12K2O13. The summed E-state index contributed by atoms with van der Waals surface area (Å²) in [5.41, 5.74) is -2.74. The smallest absolute Gasteiger partial charge is 0.547 e. The third-order valence-corrected chi connectivity index (χ3v) is 2.07. The van der Waals surface area contributed by atoms with E-state index >= 15 is 0 Å². The maximum absolute atomic E-state index is 10.3. The maximum Gasteiger partial charge on any atom is 1.00 e. The maximum atomic E-state index is 10.3. The van der Waals surface area contributed by atoms with Gasteiger partial charge in [0.2, 0.25) is 0 Å². The predicted molar refractivity (Wildman–Crippen MR) is 59.1 cm³/mol. The summed E-state index contributed by atoms with van der Waals surface area (Å²) in [6.07, 6.45) is -7.17. The van der Waals surface area contributed by atoms with E-state index in [1.807, 2.05) is 0 Å². The number of rotatable bonds is 8. The molecule has 0 aromatic carbocycles.